The van der Waals surface area contributed by atoms with E-state index in [1.54, 1.807) is 18.3 Å². The van der Waals surface area contributed by atoms with Gasteiger partial charge in [0.2, 0.25) is 0 Å². The van der Waals surface area contributed by atoms with Crippen molar-refractivity contribution >= 4 is 11.8 Å². The highest BCUT2D eigenvalue weighted by Crippen LogP contribution is 2.16. The van der Waals surface area contributed by atoms with Gasteiger partial charge in [0.25, 0.3) is 5.69 Å². The summed E-state index contributed by atoms with van der Waals surface area (Å²) >= 11 is 0. The van der Waals surface area contributed by atoms with E-state index >= 15 is 0 Å². The summed E-state index contributed by atoms with van der Waals surface area (Å²) in [5, 5.41) is 10.8. The normalized spacial score (nSPS) is 17.4. The zero-order valence-electron chi connectivity index (χ0n) is 9.33. The van der Waals surface area contributed by atoms with Gasteiger partial charge in [0.05, 0.1) is 29.9 Å². The van der Waals surface area contributed by atoms with Crippen LogP contribution in [0.3, 0.4) is 0 Å². The quantitative estimate of drug-likeness (QED) is 0.586. The van der Waals surface area contributed by atoms with E-state index in [-0.39, 0.29) is 5.69 Å². The van der Waals surface area contributed by atoms with Crippen LogP contribution in [0.2, 0.25) is 0 Å². The predicted molar refractivity (Wildman–Crippen MR) is 61.4 cm³/mol. The summed E-state index contributed by atoms with van der Waals surface area (Å²) in [5.74, 6) is 0. The Hall–Kier alpha value is -1.79. The number of pyridine rings is 1. The van der Waals surface area contributed by atoms with Gasteiger partial charge in [-0.2, -0.15) is 0 Å². The molecule has 1 aliphatic heterocycles. The summed E-state index contributed by atoms with van der Waals surface area (Å²) in [5.41, 5.74) is 0.625. The Bertz CT molecular complexity index is 428. The van der Waals surface area contributed by atoms with Gasteiger partial charge in [-0.15, -0.1) is 0 Å². The fraction of sp³-hybridized carbons (Fsp3) is 0.364. The van der Waals surface area contributed by atoms with Crippen molar-refractivity contribution in [2.24, 2.45) is 0 Å². The Labute approximate surface area is 98.7 Å². The lowest BCUT2D eigenvalue weighted by atomic mass is 10.2. The van der Waals surface area contributed by atoms with Crippen molar-refractivity contribution in [1.82, 2.24) is 4.98 Å². The van der Waals surface area contributed by atoms with E-state index in [0.717, 1.165) is 26.3 Å². The van der Waals surface area contributed by atoms with Crippen LogP contribution in [0.15, 0.2) is 24.7 Å². The van der Waals surface area contributed by atoms with Crippen LogP contribution in [0.4, 0.5) is 5.69 Å². The molecule has 1 aromatic rings. The minimum atomic E-state index is -0.415. The molecule has 1 saturated heterocycles. The smallest absolute Gasteiger partial charge is 0.294 e. The molecule has 0 unspecified atom stereocenters. The van der Waals surface area contributed by atoms with Crippen LogP contribution < -0.4 is 4.90 Å². The predicted octanol–water partition coefficient (Wildman–Crippen LogP) is -0.124. The molecule has 1 aromatic heterocycles. The zero-order chi connectivity index (χ0) is 12.1. The number of hydrogen-bond acceptors (Lipinski definition) is 4. The molecule has 0 saturated carbocycles. The van der Waals surface area contributed by atoms with Gasteiger partial charge in [0.1, 0.15) is 19.3 Å². The first-order chi connectivity index (χ1) is 8.27. The molecule has 0 atom stereocenters. The highest BCUT2D eigenvalue weighted by atomic mass is 16.6. The zero-order valence-corrected chi connectivity index (χ0v) is 9.33. The van der Waals surface area contributed by atoms with Crippen LogP contribution in [-0.2, 0) is 4.74 Å². The number of aromatic nitrogens is 1. The van der Waals surface area contributed by atoms with Gasteiger partial charge >= 0.3 is 0 Å². The molecule has 0 bridgehead atoms. The Kier molecular flexibility index (Phi) is 3.79. The number of quaternary nitrogens is 1. The Morgan fingerprint density at radius 1 is 1.47 bits per heavy atom. The maximum atomic E-state index is 10.8. The second-order valence-corrected chi connectivity index (χ2v) is 3.80. The number of ether oxygens (including phenoxy) is 1. The number of hydrogen-bond donors (Lipinski definition) is 1. The molecule has 17 heavy (non-hydrogen) atoms. The maximum absolute atomic E-state index is 10.8. The number of nitrogens with one attached hydrogen (secondary N) is 1. The van der Waals surface area contributed by atoms with Crippen LogP contribution in [0.25, 0.3) is 6.08 Å². The van der Waals surface area contributed by atoms with Crippen LogP contribution in [0.5, 0.6) is 0 Å². The van der Waals surface area contributed by atoms with Crippen LogP contribution in [-0.4, -0.2) is 36.2 Å². The summed E-state index contributed by atoms with van der Waals surface area (Å²) in [6, 6.07) is 1.65. The van der Waals surface area contributed by atoms with Gasteiger partial charge in [-0.3, -0.25) is 15.1 Å². The summed E-state index contributed by atoms with van der Waals surface area (Å²) in [7, 11) is 0. The van der Waals surface area contributed by atoms with Crippen molar-refractivity contribution in [1.29, 1.82) is 0 Å². The van der Waals surface area contributed by atoms with E-state index in [0.29, 0.717) is 5.56 Å². The third-order valence-electron chi connectivity index (χ3n) is 2.66. The van der Waals surface area contributed by atoms with E-state index in [9.17, 15) is 10.1 Å². The van der Waals surface area contributed by atoms with E-state index in [1.165, 1.54) is 11.1 Å². The molecular formula is C11H14N3O3+. The van der Waals surface area contributed by atoms with E-state index in [1.807, 2.05) is 6.20 Å². The molecular weight excluding hydrogens is 222 g/mol. The number of nitro groups is 1. The Morgan fingerprint density at radius 2 is 2.24 bits per heavy atom. The molecule has 0 amide bonds. The molecule has 90 valence electrons. The van der Waals surface area contributed by atoms with E-state index in [4.69, 9.17) is 4.74 Å². The lowest BCUT2D eigenvalue weighted by molar-refractivity contribution is -0.855. The first-order valence-corrected chi connectivity index (χ1v) is 5.46. The average molecular weight is 236 g/mol. The summed E-state index contributed by atoms with van der Waals surface area (Å²) in [6.45, 7) is 3.26. The fourth-order valence-electron chi connectivity index (χ4n) is 1.70. The van der Waals surface area contributed by atoms with Crippen molar-refractivity contribution < 1.29 is 14.6 Å². The largest absolute Gasteiger partial charge is 0.370 e. The van der Waals surface area contributed by atoms with Gasteiger partial charge in [-0.1, -0.05) is 0 Å². The maximum Gasteiger partial charge on any atom is 0.294 e. The molecule has 0 radical (unpaired) electrons. The molecule has 6 heteroatoms. The summed E-state index contributed by atoms with van der Waals surface area (Å²) < 4.78 is 5.24. The monoisotopic (exact) mass is 236 g/mol. The highest BCUT2D eigenvalue weighted by Gasteiger charge is 2.13. The second kappa shape index (κ2) is 5.51. The molecule has 0 aromatic carbocycles. The molecule has 6 nitrogen and oxygen atoms in total. The van der Waals surface area contributed by atoms with Crippen molar-refractivity contribution in [2.45, 2.75) is 0 Å². The number of morpholine rings is 1. The third kappa shape index (κ3) is 3.08. The van der Waals surface area contributed by atoms with Crippen molar-refractivity contribution in [2.75, 3.05) is 26.3 Å². The SMILES string of the molecule is O=[N+]([O-])c1cnccc1/C=C/[NH+]1CCOCC1. The molecule has 2 heterocycles. The topological polar surface area (TPSA) is 69.7 Å². The standard InChI is InChI=1S/C11H13N3O3/c15-14(16)11-9-12-3-1-10(11)2-4-13-5-7-17-8-6-13/h1-4,9H,5-8H2/p+1/b4-2+. The molecule has 1 N–H and O–H groups in total. The molecule has 0 aliphatic carbocycles. The first kappa shape index (κ1) is 11.7. The van der Waals surface area contributed by atoms with Gasteiger partial charge in [-0.25, -0.2) is 0 Å². The van der Waals surface area contributed by atoms with Crippen LogP contribution in [0.1, 0.15) is 5.56 Å². The van der Waals surface area contributed by atoms with Gasteiger partial charge < -0.3 is 9.64 Å². The molecule has 0 spiro atoms. The average Bonchev–Trinajstić information content (AvgIpc) is 2.38. The third-order valence-corrected chi connectivity index (χ3v) is 2.66. The Morgan fingerprint density at radius 3 is 2.94 bits per heavy atom. The van der Waals surface area contributed by atoms with Crippen molar-refractivity contribution in [3.05, 3.63) is 40.3 Å². The van der Waals surface area contributed by atoms with Gasteiger partial charge in [0.15, 0.2) is 0 Å². The molecule has 2 rings (SSSR count). The lowest BCUT2D eigenvalue weighted by Crippen LogP contribution is -3.09. The summed E-state index contributed by atoms with van der Waals surface area (Å²) in [4.78, 5) is 15.4. The summed E-state index contributed by atoms with van der Waals surface area (Å²) in [6.07, 6.45) is 6.56. The number of rotatable bonds is 3. The fourth-order valence-corrected chi connectivity index (χ4v) is 1.70. The Balaban J connectivity index is 2.11. The first-order valence-electron chi connectivity index (χ1n) is 5.46. The van der Waals surface area contributed by atoms with Crippen LogP contribution in [0, 0.1) is 10.1 Å². The van der Waals surface area contributed by atoms with E-state index in [2.05, 4.69) is 4.98 Å². The van der Waals surface area contributed by atoms with E-state index < -0.39 is 4.92 Å². The van der Waals surface area contributed by atoms with Crippen molar-refractivity contribution in [3.8, 4) is 0 Å². The minimum Gasteiger partial charge on any atom is -0.370 e. The van der Waals surface area contributed by atoms with Gasteiger partial charge in [0, 0.05) is 12.3 Å². The second-order valence-electron chi connectivity index (χ2n) is 3.80. The van der Waals surface area contributed by atoms with Crippen molar-refractivity contribution in [3.63, 3.8) is 0 Å². The lowest BCUT2D eigenvalue weighted by Gasteiger charge is -2.19. The minimum absolute atomic E-state index is 0.0383. The van der Waals surface area contributed by atoms with Crippen LogP contribution >= 0.6 is 0 Å². The molecule has 1 aliphatic rings. The van der Waals surface area contributed by atoms with Gasteiger partial charge in [-0.05, 0) is 6.07 Å². The molecule has 1 fully saturated rings. The highest BCUT2D eigenvalue weighted by molar-refractivity contribution is 5.58. The number of nitrogens with zero attached hydrogens (tertiary/aromatic N) is 2.